The number of aliphatic hydroxyl groups is 1. The van der Waals surface area contributed by atoms with E-state index in [1.54, 1.807) is 6.92 Å². The molecule has 2 rings (SSSR count). The molecule has 0 aromatic heterocycles. The van der Waals surface area contributed by atoms with Gasteiger partial charge in [-0.05, 0) is 37.8 Å². The van der Waals surface area contributed by atoms with E-state index < -0.39 is 6.10 Å². The maximum atomic E-state index is 9.64. The zero-order valence-electron chi connectivity index (χ0n) is 9.45. The van der Waals surface area contributed by atoms with Crippen LogP contribution < -0.4 is 4.74 Å². The molecule has 1 fully saturated rings. The lowest BCUT2D eigenvalue weighted by atomic mass is 9.86. The first-order valence-corrected chi connectivity index (χ1v) is 6.56. The SMILES string of the molecule is C[C@@H](O)c1ccc(Br)cc1OCC1CCC1. The van der Waals surface area contributed by atoms with Crippen LogP contribution in [0.25, 0.3) is 0 Å². The third kappa shape index (κ3) is 2.77. The predicted octanol–water partition coefficient (Wildman–Crippen LogP) is 3.68. The largest absolute Gasteiger partial charge is 0.493 e. The number of halogens is 1. The topological polar surface area (TPSA) is 29.5 Å². The molecule has 1 N–H and O–H groups in total. The molecule has 1 saturated carbocycles. The van der Waals surface area contributed by atoms with E-state index in [1.807, 2.05) is 18.2 Å². The van der Waals surface area contributed by atoms with Crippen molar-refractivity contribution in [2.45, 2.75) is 32.3 Å². The van der Waals surface area contributed by atoms with Crippen molar-refractivity contribution in [1.29, 1.82) is 0 Å². The number of ether oxygens (including phenoxy) is 1. The zero-order chi connectivity index (χ0) is 11.5. The van der Waals surface area contributed by atoms with Crippen LogP contribution in [0.1, 0.15) is 37.9 Å². The summed E-state index contributed by atoms with van der Waals surface area (Å²) in [7, 11) is 0. The van der Waals surface area contributed by atoms with Gasteiger partial charge in [0.2, 0.25) is 0 Å². The fourth-order valence-corrected chi connectivity index (χ4v) is 2.19. The fourth-order valence-electron chi connectivity index (χ4n) is 1.85. The Balaban J connectivity index is 2.06. The third-order valence-corrected chi connectivity index (χ3v) is 3.62. The number of benzene rings is 1. The smallest absolute Gasteiger partial charge is 0.126 e. The highest BCUT2D eigenvalue weighted by atomic mass is 79.9. The van der Waals surface area contributed by atoms with Gasteiger partial charge in [-0.3, -0.25) is 0 Å². The van der Waals surface area contributed by atoms with Crippen molar-refractivity contribution in [2.75, 3.05) is 6.61 Å². The lowest BCUT2D eigenvalue weighted by Crippen LogP contribution is -2.19. The molecule has 0 radical (unpaired) electrons. The summed E-state index contributed by atoms with van der Waals surface area (Å²) in [4.78, 5) is 0. The van der Waals surface area contributed by atoms with Gasteiger partial charge in [-0.2, -0.15) is 0 Å². The molecule has 0 saturated heterocycles. The Kier molecular flexibility index (Phi) is 3.87. The molecule has 1 aromatic rings. The first kappa shape index (κ1) is 11.9. The Hall–Kier alpha value is -0.540. The first-order chi connectivity index (χ1) is 7.66. The molecular weight excluding hydrogens is 268 g/mol. The summed E-state index contributed by atoms with van der Waals surface area (Å²) in [5, 5.41) is 9.64. The van der Waals surface area contributed by atoms with Crippen LogP contribution in [0.5, 0.6) is 5.75 Å². The molecular formula is C13H17BrO2. The second kappa shape index (κ2) is 5.19. The van der Waals surface area contributed by atoms with Crippen molar-refractivity contribution < 1.29 is 9.84 Å². The van der Waals surface area contributed by atoms with E-state index >= 15 is 0 Å². The molecule has 1 atom stereocenters. The number of aliphatic hydroxyl groups excluding tert-OH is 1. The van der Waals surface area contributed by atoms with Crippen LogP contribution in [0.3, 0.4) is 0 Å². The van der Waals surface area contributed by atoms with E-state index in [4.69, 9.17) is 4.74 Å². The molecule has 0 aliphatic heterocycles. The summed E-state index contributed by atoms with van der Waals surface area (Å²) in [6.45, 7) is 2.54. The average Bonchev–Trinajstić information content (AvgIpc) is 2.14. The van der Waals surface area contributed by atoms with Crippen LogP contribution in [0.15, 0.2) is 22.7 Å². The van der Waals surface area contributed by atoms with E-state index in [1.165, 1.54) is 19.3 Å². The van der Waals surface area contributed by atoms with Crippen LogP contribution in [-0.4, -0.2) is 11.7 Å². The number of hydrogen-bond acceptors (Lipinski definition) is 2. The molecule has 1 aliphatic carbocycles. The van der Waals surface area contributed by atoms with Crippen LogP contribution >= 0.6 is 15.9 Å². The second-order valence-corrected chi connectivity index (χ2v) is 5.38. The van der Waals surface area contributed by atoms with Crippen molar-refractivity contribution in [3.8, 4) is 5.75 Å². The molecule has 0 spiro atoms. The summed E-state index contributed by atoms with van der Waals surface area (Å²) in [5.74, 6) is 1.51. The first-order valence-electron chi connectivity index (χ1n) is 5.77. The molecule has 0 amide bonds. The lowest BCUT2D eigenvalue weighted by Gasteiger charge is -2.26. The van der Waals surface area contributed by atoms with Gasteiger partial charge >= 0.3 is 0 Å². The highest BCUT2D eigenvalue weighted by Gasteiger charge is 2.19. The molecule has 88 valence electrons. The van der Waals surface area contributed by atoms with Gasteiger partial charge in [-0.15, -0.1) is 0 Å². The van der Waals surface area contributed by atoms with E-state index in [2.05, 4.69) is 15.9 Å². The Labute approximate surface area is 105 Å². The Morgan fingerprint density at radius 2 is 2.25 bits per heavy atom. The lowest BCUT2D eigenvalue weighted by molar-refractivity contribution is 0.164. The monoisotopic (exact) mass is 284 g/mol. The molecule has 0 heterocycles. The molecule has 1 aliphatic rings. The standard InChI is InChI=1S/C13H17BrO2/c1-9(15)12-6-5-11(14)7-13(12)16-8-10-3-2-4-10/h5-7,9-10,15H,2-4,8H2,1H3/t9-/m1/s1. The highest BCUT2D eigenvalue weighted by molar-refractivity contribution is 9.10. The van der Waals surface area contributed by atoms with Gasteiger partial charge in [-0.1, -0.05) is 28.4 Å². The minimum atomic E-state index is -0.482. The summed E-state index contributed by atoms with van der Waals surface area (Å²) in [6, 6.07) is 5.77. The Morgan fingerprint density at radius 3 is 2.81 bits per heavy atom. The second-order valence-electron chi connectivity index (χ2n) is 4.47. The van der Waals surface area contributed by atoms with Crippen molar-refractivity contribution in [2.24, 2.45) is 5.92 Å². The summed E-state index contributed by atoms with van der Waals surface area (Å²) in [6.07, 6.45) is 3.40. The number of hydrogen-bond donors (Lipinski definition) is 1. The average molecular weight is 285 g/mol. The van der Waals surface area contributed by atoms with Crippen LogP contribution in [0, 0.1) is 5.92 Å². The van der Waals surface area contributed by atoms with Gasteiger partial charge in [-0.25, -0.2) is 0 Å². The van der Waals surface area contributed by atoms with Gasteiger partial charge in [0.25, 0.3) is 0 Å². The quantitative estimate of drug-likeness (QED) is 0.914. The normalized spacial score (nSPS) is 17.9. The van der Waals surface area contributed by atoms with Crippen LogP contribution in [-0.2, 0) is 0 Å². The molecule has 2 nitrogen and oxygen atoms in total. The van der Waals surface area contributed by atoms with E-state index in [0.29, 0.717) is 5.92 Å². The summed E-state index contributed by atoms with van der Waals surface area (Å²) >= 11 is 3.42. The minimum Gasteiger partial charge on any atom is -0.493 e. The van der Waals surface area contributed by atoms with E-state index in [-0.39, 0.29) is 0 Å². The van der Waals surface area contributed by atoms with Gasteiger partial charge in [0.1, 0.15) is 5.75 Å². The maximum Gasteiger partial charge on any atom is 0.126 e. The Bertz CT molecular complexity index is 359. The van der Waals surface area contributed by atoms with Crippen molar-refractivity contribution >= 4 is 15.9 Å². The summed E-state index contributed by atoms with van der Waals surface area (Å²) < 4.78 is 6.78. The molecule has 0 unspecified atom stereocenters. The molecule has 1 aromatic carbocycles. The molecule has 16 heavy (non-hydrogen) atoms. The predicted molar refractivity (Wildman–Crippen MR) is 67.6 cm³/mol. The van der Waals surface area contributed by atoms with Gasteiger partial charge < -0.3 is 9.84 Å². The maximum absolute atomic E-state index is 9.64. The van der Waals surface area contributed by atoms with Gasteiger partial charge in [0.15, 0.2) is 0 Å². The van der Waals surface area contributed by atoms with Crippen molar-refractivity contribution in [3.63, 3.8) is 0 Å². The van der Waals surface area contributed by atoms with Crippen LogP contribution in [0.4, 0.5) is 0 Å². The third-order valence-electron chi connectivity index (χ3n) is 3.12. The Morgan fingerprint density at radius 1 is 1.50 bits per heavy atom. The van der Waals surface area contributed by atoms with Gasteiger partial charge in [0.05, 0.1) is 12.7 Å². The van der Waals surface area contributed by atoms with Crippen molar-refractivity contribution in [1.82, 2.24) is 0 Å². The van der Waals surface area contributed by atoms with Gasteiger partial charge in [0, 0.05) is 10.0 Å². The highest BCUT2D eigenvalue weighted by Crippen LogP contribution is 2.31. The molecule has 3 heteroatoms. The minimum absolute atomic E-state index is 0.482. The zero-order valence-corrected chi connectivity index (χ0v) is 11.0. The fraction of sp³-hybridized carbons (Fsp3) is 0.538. The summed E-state index contributed by atoms with van der Waals surface area (Å²) in [5.41, 5.74) is 0.863. The van der Waals surface area contributed by atoms with Crippen molar-refractivity contribution in [3.05, 3.63) is 28.2 Å². The number of rotatable bonds is 4. The molecule has 0 bridgehead atoms. The van der Waals surface area contributed by atoms with Crippen LogP contribution in [0.2, 0.25) is 0 Å². The van der Waals surface area contributed by atoms with E-state index in [0.717, 1.165) is 22.4 Å². The van der Waals surface area contributed by atoms with E-state index in [9.17, 15) is 5.11 Å².